The molecule has 0 aliphatic carbocycles. The first-order valence-electron chi connectivity index (χ1n) is 8.46. The molecule has 5 heteroatoms. The van der Waals surface area contributed by atoms with Crippen molar-refractivity contribution in [2.75, 3.05) is 30.5 Å². The summed E-state index contributed by atoms with van der Waals surface area (Å²) in [5, 5.41) is 12.6. The number of carbonyl (C=O) groups is 1. The van der Waals surface area contributed by atoms with Gasteiger partial charge in [0, 0.05) is 5.69 Å². The number of nitrogens with zero attached hydrogens (tertiary/aromatic N) is 1. The van der Waals surface area contributed by atoms with E-state index in [0.29, 0.717) is 11.4 Å². The Morgan fingerprint density at radius 1 is 1.24 bits per heavy atom. The molecule has 2 aromatic rings. The summed E-state index contributed by atoms with van der Waals surface area (Å²) < 4.78 is 5.31. The van der Waals surface area contributed by atoms with E-state index in [0.717, 1.165) is 17.7 Å². The fraction of sp³-hybridized carbons (Fsp3) is 0.350. The molecular formula is C20H26N2O3. The average molecular weight is 342 g/mol. The number of carbonyl (C=O) groups excluding carboxylic acids is 1. The molecule has 0 radical (unpaired) electrons. The fourth-order valence-electron chi connectivity index (χ4n) is 2.76. The minimum Gasteiger partial charge on any atom is -0.495 e. The first kappa shape index (κ1) is 18.8. The normalized spacial score (nSPS) is 11.7. The number of hydrogen-bond donors (Lipinski definition) is 2. The summed E-state index contributed by atoms with van der Waals surface area (Å²) in [5.41, 5.74) is 2.60. The second-order valence-corrected chi connectivity index (χ2v) is 5.96. The van der Waals surface area contributed by atoms with Crippen LogP contribution in [0.4, 0.5) is 11.4 Å². The van der Waals surface area contributed by atoms with Crippen molar-refractivity contribution in [2.24, 2.45) is 0 Å². The van der Waals surface area contributed by atoms with Crippen molar-refractivity contribution in [1.82, 2.24) is 0 Å². The Bertz CT molecular complexity index is 685. The maximum atomic E-state index is 12.6. The van der Waals surface area contributed by atoms with E-state index in [9.17, 15) is 9.90 Å². The zero-order valence-electron chi connectivity index (χ0n) is 15.0. The molecule has 2 rings (SSSR count). The highest BCUT2D eigenvalue weighted by Gasteiger charge is 2.20. The molecule has 5 nitrogen and oxygen atoms in total. The number of amides is 1. The second-order valence-electron chi connectivity index (χ2n) is 5.96. The highest BCUT2D eigenvalue weighted by Crippen LogP contribution is 2.25. The van der Waals surface area contributed by atoms with Crippen LogP contribution in [0.1, 0.15) is 18.9 Å². The third-order valence-corrected chi connectivity index (χ3v) is 4.15. The van der Waals surface area contributed by atoms with Crippen LogP contribution in [0, 0.1) is 6.92 Å². The van der Waals surface area contributed by atoms with E-state index >= 15 is 0 Å². The van der Waals surface area contributed by atoms with Gasteiger partial charge in [0.05, 0.1) is 32.0 Å². The van der Waals surface area contributed by atoms with Crippen LogP contribution in [0.25, 0.3) is 0 Å². The maximum absolute atomic E-state index is 12.6. The van der Waals surface area contributed by atoms with E-state index in [1.165, 1.54) is 0 Å². The van der Waals surface area contributed by atoms with Crippen molar-refractivity contribution < 1.29 is 14.6 Å². The molecule has 1 amide bonds. The number of aliphatic hydroxyl groups excluding tert-OH is 1. The van der Waals surface area contributed by atoms with Crippen LogP contribution in [-0.2, 0) is 4.79 Å². The van der Waals surface area contributed by atoms with Gasteiger partial charge in [-0.1, -0.05) is 31.2 Å². The molecular weight excluding hydrogens is 316 g/mol. The van der Waals surface area contributed by atoms with Crippen molar-refractivity contribution in [1.29, 1.82) is 0 Å². The van der Waals surface area contributed by atoms with Crippen LogP contribution in [0.2, 0.25) is 0 Å². The molecule has 0 heterocycles. The molecule has 1 unspecified atom stereocenters. The van der Waals surface area contributed by atoms with E-state index in [-0.39, 0.29) is 25.1 Å². The van der Waals surface area contributed by atoms with Crippen LogP contribution in [-0.4, -0.2) is 37.3 Å². The zero-order chi connectivity index (χ0) is 18.2. The summed E-state index contributed by atoms with van der Waals surface area (Å²) in [7, 11) is 1.58. The van der Waals surface area contributed by atoms with E-state index in [2.05, 4.69) is 5.32 Å². The van der Waals surface area contributed by atoms with Crippen molar-refractivity contribution in [3.63, 3.8) is 0 Å². The van der Waals surface area contributed by atoms with Gasteiger partial charge in [-0.2, -0.15) is 0 Å². The standard InChI is InChI=1S/C20H26N2O3/c1-4-16(14-23)22(17-8-6-5-7-9-17)13-20(24)21-18-12-15(2)10-11-19(18)25-3/h5-12,16,23H,4,13-14H2,1-3H3,(H,21,24). The first-order valence-corrected chi connectivity index (χ1v) is 8.46. The molecule has 0 bridgehead atoms. The van der Waals surface area contributed by atoms with Gasteiger partial charge in [-0.25, -0.2) is 0 Å². The summed E-state index contributed by atoms with van der Waals surface area (Å²) in [5.74, 6) is 0.471. The van der Waals surface area contributed by atoms with Crippen molar-refractivity contribution >= 4 is 17.3 Å². The third-order valence-electron chi connectivity index (χ3n) is 4.15. The van der Waals surface area contributed by atoms with Crippen molar-refractivity contribution in [2.45, 2.75) is 26.3 Å². The van der Waals surface area contributed by atoms with Crippen LogP contribution in [0.3, 0.4) is 0 Å². The molecule has 0 aromatic heterocycles. The van der Waals surface area contributed by atoms with Crippen LogP contribution in [0.15, 0.2) is 48.5 Å². The smallest absolute Gasteiger partial charge is 0.244 e. The van der Waals surface area contributed by atoms with E-state index < -0.39 is 0 Å². The number of rotatable bonds is 8. The Morgan fingerprint density at radius 3 is 2.56 bits per heavy atom. The van der Waals surface area contributed by atoms with Crippen LogP contribution < -0.4 is 15.0 Å². The Morgan fingerprint density at radius 2 is 1.96 bits per heavy atom. The molecule has 1 atom stereocenters. The van der Waals surface area contributed by atoms with Gasteiger partial charge in [-0.05, 0) is 43.2 Å². The third kappa shape index (κ3) is 4.97. The predicted octanol–water partition coefficient (Wildman–Crippen LogP) is 3.22. The number of ether oxygens (including phenoxy) is 1. The number of anilines is 2. The molecule has 0 spiro atoms. The number of nitrogens with one attached hydrogen (secondary N) is 1. The van der Waals surface area contributed by atoms with Gasteiger partial charge >= 0.3 is 0 Å². The molecule has 134 valence electrons. The van der Waals surface area contributed by atoms with E-state index in [1.807, 2.05) is 67.3 Å². The fourth-order valence-corrected chi connectivity index (χ4v) is 2.76. The highest BCUT2D eigenvalue weighted by molar-refractivity contribution is 5.95. The minimum atomic E-state index is -0.153. The van der Waals surface area contributed by atoms with Gasteiger partial charge in [0.1, 0.15) is 5.75 Å². The Kier molecular flexibility index (Phi) is 6.83. The Hall–Kier alpha value is -2.53. The van der Waals surface area contributed by atoms with E-state index in [4.69, 9.17) is 4.74 Å². The summed E-state index contributed by atoms with van der Waals surface area (Å²) in [6.07, 6.45) is 0.743. The lowest BCUT2D eigenvalue weighted by atomic mass is 10.1. The molecule has 2 aromatic carbocycles. The summed E-state index contributed by atoms with van der Waals surface area (Å²) >= 11 is 0. The van der Waals surface area contributed by atoms with Crippen LogP contribution in [0.5, 0.6) is 5.75 Å². The second kappa shape index (κ2) is 9.08. The molecule has 0 saturated heterocycles. The highest BCUT2D eigenvalue weighted by atomic mass is 16.5. The zero-order valence-corrected chi connectivity index (χ0v) is 15.0. The van der Waals surface area contributed by atoms with Gasteiger partial charge in [0.25, 0.3) is 0 Å². The number of benzene rings is 2. The predicted molar refractivity (Wildman–Crippen MR) is 101 cm³/mol. The SMILES string of the molecule is CCC(CO)N(CC(=O)Nc1cc(C)ccc1OC)c1ccccc1. The molecule has 25 heavy (non-hydrogen) atoms. The molecule has 2 N–H and O–H groups in total. The topological polar surface area (TPSA) is 61.8 Å². The monoisotopic (exact) mass is 342 g/mol. The number of para-hydroxylation sites is 1. The van der Waals surface area contributed by atoms with Gasteiger partial charge in [0.15, 0.2) is 0 Å². The summed E-state index contributed by atoms with van der Waals surface area (Å²) in [6.45, 7) is 4.11. The Balaban J connectivity index is 2.18. The number of aryl methyl sites for hydroxylation is 1. The lowest BCUT2D eigenvalue weighted by Gasteiger charge is -2.31. The summed E-state index contributed by atoms with van der Waals surface area (Å²) in [6, 6.07) is 15.2. The summed E-state index contributed by atoms with van der Waals surface area (Å²) in [4.78, 5) is 14.6. The lowest BCUT2D eigenvalue weighted by molar-refractivity contribution is -0.115. The number of aliphatic hydroxyl groups is 1. The first-order chi connectivity index (χ1) is 12.1. The van der Waals surface area contributed by atoms with Gasteiger partial charge in [-0.15, -0.1) is 0 Å². The lowest BCUT2D eigenvalue weighted by Crippen LogP contribution is -2.42. The van der Waals surface area contributed by atoms with Crippen molar-refractivity contribution in [3.8, 4) is 5.75 Å². The Labute approximate surface area is 149 Å². The minimum absolute atomic E-state index is 0.00750. The molecule has 0 aliphatic heterocycles. The van der Waals surface area contributed by atoms with Crippen molar-refractivity contribution in [3.05, 3.63) is 54.1 Å². The quantitative estimate of drug-likeness (QED) is 0.773. The molecule has 0 fully saturated rings. The average Bonchev–Trinajstić information content (AvgIpc) is 2.63. The molecule has 0 aliphatic rings. The number of methoxy groups -OCH3 is 1. The largest absolute Gasteiger partial charge is 0.495 e. The molecule has 0 saturated carbocycles. The van der Waals surface area contributed by atoms with Gasteiger partial charge in [-0.3, -0.25) is 4.79 Å². The van der Waals surface area contributed by atoms with E-state index in [1.54, 1.807) is 7.11 Å². The number of hydrogen-bond acceptors (Lipinski definition) is 4. The van der Waals surface area contributed by atoms with Gasteiger partial charge in [0.2, 0.25) is 5.91 Å². The van der Waals surface area contributed by atoms with Crippen LogP contribution >= 0.6 is 0 Å². The maximum Gasteiger partial charge on any atom is 0.244 e. The van der Waals surface area contributed by atoms with Gasteiger partial charge < -0.3 is 20.1 Å².